The van der Waals surface area contributed by atoms with E-state index < -0.39 is 15.8 Å². The fourth-order valence-electron chi connectivity index (χ4n) is 6.09. The molecule has 3 atom stereocenters. The van der Waals surface area contributed by atoms with E-state index in [0.29, 0.717) is 18.3 Å². The average Bonchev–Trinajstić information content (AvgIpc) is 3.16. The third kappa shape index (κ3) is 3.87. The molecule has 3 aliphatic heterocycles. The van der Waals surface area contributed by atoms with Crippen molar-refractivity contribution in [3.63, 3.8) is 0 Å². The molecular formula is C24H26BClN3O4S. The van der Waals surface area contributed by atoms with E-state index in [-0.39, 0.29) is 10.3 Å². The summed E-state index contributed by atoms with van der Waals surface area (Å²) in [6, 6.07) is 11.1. The number of nitrogens with zero attached hydrogens (tertiary/aromatic N) is 2. The number of aryl methyl sites for hydroxylation is 1. The minimum absolute atomic E-state index is 0.0660. The van der Waals surface area contributed by atoms with Crippen molar-refractivity contribution in [1.29, 1.82) is 0 Å². The molecule has 2 aromatic carbocycles. The second kappa shape index (κ2) is 8.17. The Balaban J connectivity index is 1.46. The number of ether oxygens (including phenoxy) is 1. The summed E-state index contributed by atoms with van der Waals surface area (Å²) in [6.45, 7) is 3.50. The summed E-state index contributed by atoms with van der Waals surface area (Å²) in [7, 11) is -2.60. The molecule has 1 amide bonds. The first-order valence-corrected chi connectivity index (χ1v) is 13.6. The van der Waals surface area contributed by atoms with Gasteiger partial charge in [-0.15, -0.1) is 0 Å². The van der Waals surface area contributed by atoms with Crippen LogP contribution in [0.2, 0.25) is 5.02 Å². The van der Waals surface area contributed by atoms with Crippen LogP contribution in [0.5, 0.6) is 5.75 Å². The molecule has 0 saturated carbocycles. The minimum atomic E-state index is -3.99. The lowest BCUT2D eigenvalue weighted by Gasteiger charge is -2.41. The highest BCUT2D eigenvalue weighted by atomic mass is 35.5. The topological polar surface area (TPSA) is 79.0 Å². The Morgan fingerprint density at radius 2 is 2.06 bits per heavy atom. The summed E-state index contributed by atoms with van der Waals surface area (Å²) >= 11 is 6.32. The van der Waals surface area contributed by atoms with Crippen molar-refractivity contribution in [2.45, 2.75) is 36.0 Å². The van der Waals surface area contributed by atoms with Crippen LogP contribution in [0.4, 0.5) is 10.5 Å². The predicted octanol–water partition coefficient (Wildman–Crippen LogP) is 3.17. The maximum absolute atomic E-state index is 13.0. The fraction of sp³-hybridized carbons (Fsp3) is 0.458. The number of halogens is 1. The number of nitrogens with one attached hydrogen (secondary N) is 1. The van der Waals surface area contributed by atoms with Crippen LogP contribution in [-0.4, -0.2) is 59.2 Å². The molecule has 34 heavy (non-hydrogen) atoms. The predicted molar refractivity (Wildman–Crippen MR) is 131 cm³/mol. The van der Waals surface area contributed by atoms with Crippen molar-refractivity contribution >= 4 is 40.5 Å². The van der Waals surface area contributed by atoms with Gasteiger partial charge in [0.1, 0.15) is 5.75 Å². The van der Waals surface area contributed by atoms with Crippen LogP contribution >= 0.6 is 11.6 Å². The number of fused-ring (bicyclic) bond motifs is 5. The van der Waals surface area contributed by atoms with E-state index in [4.69, 9.17) is 16.3 Å². The Labute approximate surface area is 205 Å². The number of carbonyl (C=O) groups excluding carboxylic acids is 1. The second-order valence-corrected chi connectivity index (χ2v) is 12.1. The summed E-state index contributed by atoms with van der Waals surface area (Å²) in [5, 5.41) is 0.749. The van der Waals surface area contributed by atoms with Crippen molar-refractivity contribution in [3.05, 3.63) is 52.5 Å². The van der Waals surface area contributed by atoms with E-state index in [9.17, 15) is 13.2 Å². The Kier molecular flexibility index (Phi) is 5.35. The zero-order chi connectivity index (χ0) is 23.5. The Bertz CT molecular complexity index is 1270. The number of amides is 1. The van der Waals surface area contributed by atoms with Gasteiger partial charge in [-0.05, 0) is 86.1 Å². The molecule has 0 aromatic heterocycles. The highest BCUT2D eigenvalue weighted by Crippen LogP contribution is 2.45. The summed E-state index contributed by atoms with van der Waals surface area (Å²) in [6.07, 6.45) is 4.00. The Morgan fingerprint density at radius 1 is 1.18 bits per heavy atom. The standard InChI is InChI=1S/C24H26BClN3O4S/c26-18-3-5-20-17(10-18)2-1-8-24(20)14-28-12-16-7-9-29(13-16)25-23(30)27-34(31,32)19-4-6-22(33-15-24)21(28)11-19/h3-6,10-11,16H,1-2,7-9,12-15H2,(H,27,30). The number of anilines is 1. The van der Waals surface area contributed by atoms with Crippen LogP contribution in [-0.2, 0) is 21.9 Å². The van der Waals surface area contributed by atoms with Gasteiger partial charge in [0.15, 0.2) is 5.81 Å². The molecule has 1 N–H and O–H groups in total. The molecule has 6 rings (SSSR count). The van der Waals surface area contributed by atoms with Gasteiger partial charge in [0, 0.05) is 23.5 Å². The lowest BCUT2D eigenvalue weighted by Crippen LogP contribution is -2.47. The van der Waals surface area contributed by atoms with E-state index in [1.807, 2.05) is 10.9 Å². The van der Waals surface area contributed by atoms with Crippen LogP contribution < -0.4 is 14.4 Å². The summed E-state index contributed by atoms with van der Waals surface area (Å²) in [4.78, 5) is 16.7. The number of carbonyl (C=O) groups is 1. The number of hydrogen-bond acceptors (Lipinski definition) is 6. The number of rotatable bonds is 0. The van der Waals surface area contributed by atoms with Crippen LogP contribution in [0.15, 0.2) is 41.3 Å². The van der Waals surface area contributed by atoms with Crippen LogP contribution in [0.3, 0.4) is 0 Å². The van der Waals surface area contributed by atoms with Gasteiger partial charge in [0.25, 0.3) is 10.0 Å². The monoisotopic (exact) mass is 498 g/mol. The van der Waals surface area contributed by atoms with Gasteiger partial charge in [-0.2, -0.15) is 0 Å². The minimum Gasteiger partial charge on any atom is -0.490 e. The second-order valence-electron chi connectivity index (χ2n) is 9.98. The molecule has 1 radical (unpaired) electrons. The van der Waals surface area contributed by atoms with Gasteiger partial charge < -0.3 is 14.4 Å². The van der Waals surface area contributed by atoms with Gasteiger partial charge >= 0.3 is 7.41 Å². The lowest BCUT2D eigenvalue weighted by molar-refractivity contribution is 0.206. The molecule has 1 saturated heterocycles. The summed E-state index contributed by atoms with van der Waals surface area (Å²) in [5.41, 5.74) is 3.13. The first kappa shape index (κ1) is 22.3. The molecule has 3 unspecified atom stereocenters. The quantitative estimate of drug-likeness (QED) is 0.562. The molecule has 10 heteroatoms. The van der Waals surface area contributed by atoms with E-state index in [0.717, 1.165) is 62.6 Å². The largest absolute Gasteiger partial charge is 0.490 e. The van der Waals surface area contributed by atoms with Gasteiger partial charge in [-0.1, -0.05) is 17.7 Å². The molecule has 177 valence electrons. The molecule has 4 aliphatic rings. The van der Waals surface area contributed by atoms with Crippen molar-refractivity contribution in [1.82, 2.24) is 9.53 Å². The molecule has 3 heterocycles. The molecule has 1 aliphatic carbocycles. The van der Waals surface area contributed by atoms with Crippen molar-refractivity contribution in [2.75, 3.05) is 37.7 Å². The van der Waals surface area contributed by atoms with Gasteiger partial charge in [-0.3, -0.25) is 9.52 Å². The third-order valence-electron chi connectivity index (χ3n) is 7.65. The normalized spacial score (nSPS) is 29.6. The van der Waals surface area contributed by atoms with Crippen molar-refractivity contribution < 1.29 is 17.9 Å². The molecule has 2 aromatic rings. The van der Waals surface area contributed by atoms with Gasteiger partial charge in [0.2, 0.25) is 0 Å². The molecule has 1 spiro atoms. The van der Waals surface area contributed by atoms with E-state index >= 15 is 0 Å². The van der Waals surface area contributed by atoms with Crippen LogP contribution in [0, 0.1) is 5.92 Å². The van der Waals surface area contributed by atoms with E-state index in [1.54, 1.807) is 12.1 Å². The Hall–Kier alpha value is -2.23. The number of sulfonamides is 1. The van der Waals surface area contributed by atoms with E-state index in [1.165, 1.54) is 24.6 Å². The maximum atomic E-state index is 13.0. The summed E-state index contributed by atoms with van der Waals surface area (Å²) < 4.78 is 34.5. The maximum Gasteiger partial charge on any atom is 0.330 e. The summed E-state index contributed by atoms with van der Waals surface area (Å²) in [5.74, 6) is 0.433. The third-order valence-corrected chi connectivity index (χ3v) is 9.23. The zero-order valence-corrected chi connectivity index (χ0v) is 20.4. The highest BCUT2D eigenvalue weighted by Gasteiger charge is 2.43. The average molecular weight is 499 g/mol. The van der Waals surface area contributed by atoms with Crippen LogP contribution in [0.1, 0.15) is 30.4 Å². The zero-order valence-electron chi connectivity index (χ0n) is 18.8. The van der Waals surface area contributed by atoms with Crippen molar-refractivity contribution in [2.24, 2.45) is 5.92 Å². The lowest BCUT2D eigenvalue weighted by atomic mass is 9.70. The highest BCUT2D eigenvalue weighted by molar-refractivity contribution is 7.90. The van der Waals surface area contributed by atoms with E-state index in [2.05, 4.69) is 21.8 Å². The molecule has 7 nitrogen and oxygen atoms in total. The first-order chi connectivity index (χ1) is 16.3. The Morgan fingerprint density at radius 3 is 2.94 bits per heavy atom. The number of benzene rings is 2. The fourth-order valence-corrected chi connectivity index (χ4v) is 7.23. The molecular weight excluding hydrogens is 473 g/mol. The molecule has 4 bridgehead atoms. The first-order valence-electron chi connectivity index (χ1n) is 11.8. The molecule has 1 fully saturated rings. The van der Waals surface area contributed by atoms with Crippen LogP contribution in [0.25, 0.3) is 0 Å². The van der Waals surface area contributed by atoms with Gasteiger partial charge in [-0.25, -0.2) is 8.42 Å². The smallest absolute Gasteiger partial charge is 0.330 e. The number of hydrogen-bond donors (Lipinski definition) is 1. The SMILES string of the molecule is O=C1[B]N2CCC(C2)CN2CC3(CCCc4cc(Cl)ccc43)COc3ccc(cc32)S(=O)(=O)N1. The van der Waals surface area contributed by atoms with Crippen molar-refractivity contribution in [3.8, 4) is 5.75 Å². The van der Waals surface area contributed by atoms with Gasteiger partial charge in [0.05, 0.1) is 17.2 Å².